The predicted molar refractivity (Wildman–Crippen MR) is 103 cm³/mol. The maximum absolute atomic E-state index is 12.9. The van der Waals surface area contributed by atoms with E-state index in [1.165, 1.54) is 0 Å². The van der Waals surface area contributed by atoms with Gasteiger partial charge in [-0.3, -0.25) is 14.4 Å². The van der Waals surface area contributed by atoms with Gasteiger partial charge in [0.15, 0.2) is 9.84 Å². The number of para-hydroxylation sites is 1. The summed E-state index contributed by atoms with van der Waals surface area (Å²) in [5, 5.41) is 6.67. The van der Waals surface area contributed by atoms with E-state index in [4.69, 9.17) is 0 Å². The van der Waals surface area contributed by atoms with Crippen molar-refractivity contribution in [2.24, 2.45) is 18.9 Å². The first kappa shape index (κ1) is 18.2. The predicted octanol–water partition coefficient (Wildman–Crippen LogP) is 1.29. The largest absolute Gasteiger partial charge is 0.326 e. The van der Waals surface area contributed by atoms with Crippen LogP contribution in [-0.2, 0) is 28.2 Å². The molecule has 3 heterocycles. The van der Waals surface area contributed by atoms with Crippen LogP contribution in [0.15, 0.2) is 42.7 Å². The molecule has 0 bridgehead atoms. The molecule has 4 rings (SSSR count). The van der Waals surface area contributed by atoms with Crippen molar-refractivity contribution in [1.29, 1.82) is 0 Å². The summed E-state index contributed by atoms with van der Waals surface area (Å²) in [6, 6.07) is 9.33. The molecule has 1 amide bonds. The quantitative estimate of drug-likeness (QED) is 0.853. The first-order valence-electron chi connectivity index (χ1n) is 9.20. The Balaban J connectivity index is 1.50. The van der Waals surface area contributed by atoms with Gasteiger partial charge in [-0.05, 0) is 18.6 Å². The van der Waals surface area contributed by atoms with Crippen LogP contribution >= 0.6 is 0 Å². The van der Waals surface area contributed by atoms with Crippen molar-refractivity contribution in [2.45, 2.75) is 18.2 Å². The molecule has 2 aliphatic rings. The van der Waals surface area contributed by atoms with Crippen LogP contribution in [0.25, 0.3) is 0 Å². The molecule has 0 spiro atoms. The lowest BCUT2D eigenvalue weighted by atomic mass is 9.87. The number of fused-ring (bicyclic) bond motifs is 1. The lowest BCUT2D eigenvalue weighted by Crippen LogP contribution is -2.45. The number of carbonyl (C=O) groups is 1. The summed E-state index contributed by atoms with van der Waals surface area (Å²) in [4.78, 5) is 15.0. The molecule has 2 fully saturated rings. The normalized spacial score (nSPS) is 27.2. The van der Waals surface area contributed by atoms with Crippen molar-refractivity contribution in [3.8, 4) is 0 Å². The summed E-state index contributed by atoms with van der Waals surface area (Å²) < 4.78 is 27.0. The van der Waals surface area contributed by atoms with Gasteiger partial charge < -0.3 is 5.32 Å². The van der Waals surface area contributed by atoms with Gasteiger partial charge in [0.25, 0.3) is 0 Å². The monoisotopic (exact) mass is 388 g/mol. The van der Waals surface area contributed by atoms with E-state index in [2.05, 4.69) is 15.3 Å². The van der Waals surface area contributed by atoms with Gasteiger partial charge in [-0.25, -0.2) is 8.42 Å². The Morgan fingerprint density at radius 1 is 1.26 bits per heavy atom. The number of likely N-dealkylation sites (tertiary alicyclic amines) is 1. The lowest BCUT2D eigenvalue weighted by Gasteiger charge is -2.31. The number of nitrogens with one attached hydrogen (secondary N) is 1. The second-order valence-electron chi connectivity index (χ2n) is 7.54. The molecule has 0 unspecified atom stereocenters. The number of aryl methyl sites for hydroxylation is 1. The van der Waals surface area contributed by atoms with Gasteiger partial charge in [0, 0.05) is 56.0 Å². The number of rotatable bonds is 4. The van der Waals surface area contributed by atoms with Crippen LogP contribution in [0.5, 0.6) is 0 Å². The number of benzene rings is 1. The molecule has 2 saturated heterocycles. The first-order chi connectivity index (χ1) is 12.9. The molecule has 2 aromatic rings. The van der Waals surface area contributed by atoms with Crippen LogP contribution in [0, 0.1) is 11.8 Å². The molecular weight excluding hydrogens is 364 g/mol. The molecule has 7 nitrogen and oxygen atoms in total. The first-order valence-corrected chi connectivity index (χ1v) is 10.9. The summed E-state index contributed by atoms with van der Waals surface area (Å²) in [5.41, 5.74) is 1.80. The number of nitrogens with zero attached hydrogens (tertiary/aromatic N) is 3. The number of anilines is 1. The Labute approximate surface area is 159 Å². The summed E-state index contributed by atoms with van der Waals surface area (Å²) in [5.74, 6) is -0.432. The van der Waals surface area contributed by atoms with Gasteiger partial charge in [-0.15, -0.1) is 0 Å². The van der Waals surface area contributed by atoms with Gasteiger partial charge >= 0.3 is 0 Å². The van der Waals surface area contributed by atoms with Crippen LogP contribution < -0.4 is 5.32 Å². The number of amides is 1. The third-order valence-corrected chi connectivity index (χ3v) is 7.84. The molecule has 1 aromatic heterocycles. The van der Waals surface area contributed by atoms with Crippen LogP contribution in [-0.4, -0.2) is 53.1 Å². The third-order valence-electron chi connectivity index (χ3n) is 5.62. The zero-order valence-corrected chi connectivity index (χ0v) is 16.1. The Morgan fingerprint density at radius 2 is 2.04 bits per heavy atom. The SMILES string of the molecule is Cn1cc(CN2C[C@H]3[C@@H](C2)S(=O)(=O)CC[C@H]3C(=O)Nc2ccccc2)cn1. The highest BCUT2D eigenvalue weighted by Gasteiger charge is 2.50. The Hall–Kier alpha value is -2.19. The molecule has 8 heteroatoms. The number of hydrogen-bond acceptors (Lipinski definition) is 5. The molecule has 3 atom stereocenters. The van der Waals surface area contributed by atoms with Crippen molar-refractivity contribution >= 4 is 21.4 Å². The van der Waals surface area contributed by atoms with Crippen molar-refractivity contribution in [3.05, 3.63) is 48.3 Å². The number of aromatic nitrogens is 2. The minimum Gasteiger partial charge on any atom is -0.326 e. The fraction of sp³-hybridized carbons (Fsp3) is 0.474. The average molecular weight is 388 g/mol. The Bertz CT molecular complexity index is 925. The number of hydrogen-bond donors (Lipinski definition) is 1. The fourth-order valence-electron chi connectivity index (χ4n) is 4.33. The minimum absolute atomic E-state index is 0.0747. The molecule has 2 aliphatic heterocycles. The van der Waals surface area contributed by atoms with E-state index in [0.717, 1.165) is 11.3 Å². The standard InChI is InChI=1S/C19H24N4O3S/c1-22-10-14(9-20-22)11-23-12-17-16(7-8-27(25,26)18(17)13-23)19(24)21-15-5-3-2-4-6-15/h2-6,9-10,16-18H,7-8,11-13H2,1H3,(H,21,24)/t16-,17-,18-/m1/s1. The van der Waals surface area contributed by atoms with E-state index in [-0.39, 0.29) is 23.5 Å². The van der Waals surface area contributed by atoms with Crippen LogP contribution in [0.3, 0.4) is 0 Å². The zero-order valence-electron chi connectivity index (χ0n) is 15.3. The molecule has 1 N–H and O–H groups in total. The summed E-state index contributed by atoms with van der Waals surface area (Å²) in [6.45, 7) is 1.76. The van der Waals surface area contributed by atoms with Gasteiger partial charge in [0.05, 0.1) is 17.2 Å². The van der Waals surface area contributed by atoms with Crippen LogP contribution in [0.2, 0.25) is 0 Å². The molecule has 0 saturated carbocycles. The summed E-state index contributed by atoms with van der Waals surface area (Å²) >= 11 is 0. The Morgan fingerprint density at radius 3 is 2.74 bits per heavy atom. The molecule has 144 valence electrons. The lowest BCUT2D eigenvalue weighted by molar-refractivity contribution is -0.121. The molecule has 0 radical (unpaired) electrons. The molecular formula is C19H24N4O3S. The van der Waals surface area contributed by atoms with Crippen molar-refractivity contribution in [2.75, 3.05) is 24.2 Å². The van der Waals surface area contributed by atoms with Crippen molar-refractivity contribution in [3.63, 3.8) is 0 Å². The highest BCUT2D eigenvalue weighted by atomic mass is 32.2. The van der Waals surface area contributed by atoms with Gasteiger partial charge in [-0.1, -0.05) is 18.2 Å². The Kier molecular flexibility index (Phi) is 4.77. The fourth-order valence-corrected chi connectivity index (χ4v) is 6.46. The molecule has 27 heavy (non-hydrogen) atoms. The number of sulfone groups is 1. The summed E-state index contributed by atoms with van der Waals surface area (Å²) in [7, 11) is -1.30. The van der Waals surface area contributed by atoms with Crippen molar-refractivity contribution in [1.82, 2.24) is 14.7 Å². The average Bonchev–Trinajstić information content (AvgIpc) is 3.23. The van der Waals surface area contributed by atoms with Crippen LogP contribution in [0.4, 0.5) is 5.69 Å². The second kappa shape index (κ2) is 7.09. The minimum atomic E-state index is -3.16. The van der Waals surface area contributed by atoms with E-state index in [0.29, 0.717) is 26.1 Å². The molecule has 1 aromatic carbocycles. The van der Waals surface area contributed by atoms with E-state index in [9.17, 15) is 13.2 Å². The van der Waals surface area contributed by atoms with Gasteiger partial charge in [0.1, 0.15) is 0 Å². The second-order valence-corrected chi connectivity index (χ2v) is 9.88. The van der Waals surface area contributed by atoms with E-state index in [1.54, 1.807) is 10.9 Å². The van der Waals surface area contributed by atoms with E-state index in [1.807, 2.05) is 43.6 Å². The molecule has 0 aliphatic carbocycles. The third kappa shape index (κ3) is 3.77. The van der Waals surface area contributed by atoms with E-state index >= 15 is 0 Å². The van der Waals surface area contributed by atoms with Gasteiger partial charge in [0.2, 0.25) is 5.91 Å². The highest BCUT2D eigenvalue weighted by Crippen LogP contribution is 2.38. The van der Waals surface area contributed by atoms with E-state index < -0.39 is 15.1 Å². The van der Waals surface area contributed by atoms with Crippen molar-refractivity contribution < 1.29 is 13.2 Å². The smallest absolute Gasteiger partial charge is 0.227 e. The zero-order chi connectivity index (χ0) is 19.0. The van der Waals surface area contributed by atoms with Gasteiger partial charge in [-0.2, -0.15) is 5.10 Å². The topological polar surface area (TPSA) is 84.3 Å². The summed E-state index contributed by atoms with van der Waals surface area (Å²) in [6.07, 6.45) is 4.13. The highest BCUT2D eigenvalue weighted by molar-refractivity contribution is 7.92. The number of carbonyl (C=O) groups excluding carboxylic acids is 1. The maximum Gasteiger partial charge on any atom is 0.227 e. The maximum atomic E-state index is 12.9. The van der Waals surface area contributed by atoms with Crippen LogP contribution in [0.1, 0.15) is 12.0 Å².